The first kappa shape index (κ1) is 11.6. The van der Waals surface area contributed by atoms with Crippen LogP contribution in [0.2, 0.25) is 5.02 Å². The van der Waals surface area contributed by atoms with E-state index in [2.05, 4.69) is 9.97 Å². The summed E-state index contributed by atoms with van der Waals surface area (Å²) in [4.78, 5) is 11.6. The lowest BCUT2D eigenvalue weighted by Gasteiger charge is -2.28. The second-order valence-corrected chi connectivity index (χ2v) is 5.15. The molecule has 18 heavy (non-hydrogen) atoms. The Labute approximate surface area is 114 Å². The molecule has 4 nitrogen and oxygen atoms in total. The lowest BCUT2D eigenvalue weighted by atomic mass is 10.2. The van der Waals surface area contributed by atoms with Gasteiger partial charge >= 0.3 is 0 Å². The molecule has 92 valence electrons. The average Bonchev–Trinajstić information content (AvgIpc) is 2.40. The van der Waals surface area contributed by atoms with E-state index < -0.39 is 0 Å². The Morgan fingerprint density at radius 1 is 1.28 bits per heavy atom. The number of hydrogen-bond acceptors (Lipinski definition) is 5. The standard InChI is InChI=1S/C12H10ClN3OS/c1-16-7-3-4-8(17-2)9(13)10(7)18-12-11(16)14-5-6-15-12/h3-6H,1-2H3. The number of ether oxygens (including phenoxy) is 1. The molecular weight excluding hydrogens is 270 g/mol. The molecule has 2 heterocycles. The molecule has 0 fully saturated rings. The van der Waals surface area contributed by atoms with Gasteiger partial charge in [-0.3, -0.25) is 0 Å². The Kier molecular flexibility index (Phi) is 2.80. The first-order valence-electron chi connectivity index (χ1n) is 5.31. The van der Waals surface area contributed by atoms with Gasteiger partial charge in [0.1, 0.15) is 10.8 Å². The molecule has 1 aromatic heterocycles. The van der Waals surface area contributed by atoms with Crippen molar-refractivity contribution in [1.29, 1.82) is 0 Å². The van der Waals surface area contributed by atoms with Gasteiger partial charge in [-0.15, -0.1) is 0 Å². The van der Waals surface area contributed by atoms with Crippen molar-refractivity contribution in [3.05, 3.63) is 29.5 Å². The highest BCUT2D eigenvalue weighted by atomic mass is 35.5. The highest BCUT2D eigenvalue weighted by molar-refractivity contribution is 7.99. The fourth-order valence-electron chi connectivity index (χ4n) is 1.88. The lowest BCUT2D eigenvalue weighted by Crippen LogP contribution is -2.17. The Hall–Kier alpha value is -1.46. The van der Waals surface area contributed by atoms with Crippen LogP contribution in [0.4, 0.5) is 11.5 Å². The van der Waals surface area contributed by atoms with Gasteiger partial charge in [-0.2, -0.15) is 0 Å². The number of aromatic nitrogens is 2. The van der Waals surface area contributed by atoms with Crippen LogP contribution >= 0.6 is 23.4 Å². The summed E-state index contributed by atoms with van der Waals surface area (Å²) >= 11 is 7.85. The molecule has 0 spiro atoms. The molecule has 3 rings (SSSR count). The van der Waals surface area contributed by atoms with Crippen LogP contribution in [0.5, 0.6) is 5.75 Å². The molecule has 1 aliphatic rings. The van der Waals surface area contributed by atoms with Gasteiger partial charge in [0.25, 0.3) is 0 Å². The van der Waals surface area contributed by atoms with Crippen molar-refractivity contribution in [3.63, 3.8) is 0 Å². The van der Waals surface area contributed by atoms with Crippen LogP contribution in [0, 0.1) is 0 Å². The Bertz CT molecular complexity index is 620. The molecule has 0 N–H and O–H groups in total. The second-order valence-electron chi connectivity index (χ2n) is 3.78. The van der Waals surface area contributed by atoms with E-state index in [1.54, 1.807) is 19.5 Å². The minimum atomic E-state index is 0.614. The molecule has 0 radical (unpaired) electrons. The Balaban J connectivity index is 2.19. The second kappa shape index (κ2) is 4.33. The van der Waals surface area contributed by atoms with Gasteiger partial charge in [0, 0.05) is 19.4 Å². The number of fused-ring (bicyclic) bond motifs is 2. The molecule has 1 aromatic carbocycles. The van der Waals surface area contributed by atoms with Crippen LogP contribution in [-0.4, -0.2) is 24.1 Å². The van der Waals surface area contributed by atoms with Crippen molar-refractivity contribution < 1.29 is 4.74 Å². The SMILES string of the molecule is COc1ccc2c(c1Cl)Sc1nccnc1N2C. The first-order chi connectivity index (χ1) is 8.72. The van der Waals surface area contributed by atoms with Gasteiger partial charge in [0.05, 0.1) is 22.7 Å². The van der Waals surface area contributed by atoms with Crippen molar-refractivity contribution >= 4 is 34.9 Å². The quantitative estimate of drug-likeness (QED) is 0.800. The van der Waals surface area contributed by atoms with E-state index in [4.69, 9.17) is 16.3 Å². The van der Waals surface area contributed by atoms with Gasteiger partial charge in [-0.1, -0.05) is 23.4 Å². The van der Waals surface area contributed by atoms with Crippen molar-refractivity contribution in [2.75, 3.05) is 19.1 Å². The van der Waals surface area contributed by atoms with Gasteiger partial charge in [-0.25, -0.2) is 9.97 Å². The number of methoxy groups -OCH3 is 1. The third-order valence-corrected chi connectivity index (χ3v) is 4.37. The fraction of sp³-hybridized carbons (Fsp3) is 0.167. The maximum atomic E-state index is 6.34. The summed E-state index contributed by atoms with van der Waals surface area (Å²) in [6.45, 7) is 0. The molecule has 0 bridgehead atoms. The number of benzene rings is 1. The summed E-state index contributed by atoms with van der Waals surface area (Å²) in [6.07, 6.45) is 3.37. The summed E-state index contributed by atoms with van der Waals surface area (Å²) in [5, 5.41) is 1.46. The normalized spacial score (nSPS) is 12.9. The van der Waals surface area contributed by atoms with Gasteiger partial charge in [0.2, 0.25) is 0 Å². The zero-order valence-electron chi connectivity index (χ0n) is 9.85. The zero-order chi connectivity index (χ0) is 12.7. The van der Waals surface area contributed by atoms with E-state index in [1.165, 1.54) is 11.8 Å². The van der Waals surface area contributed by atoms with Crippen molar-refractivity contribution in [2.45, 2.75) is 9.92 Å². The minimum absolute atomic E-state index is 0.614. The lowest BCUT2D eigenvalue weighted by molar-refractivity contribution is 0.414. The highest BCUT2D eigenvalue weighted by Gasteiger charge is 2.26. The first-order valence-corrected chi connectivity index (χ1v) is 6.51. The molecule has 0 aliphatic carbocycles. The summed E-state index contributed by atoms with van der Waals surface area (Å²) in [6, 6.07) is 3.84. The van der Waals surface area contributed by atoms with E-state index >= 15 is 0 Å². The molecule has 2 aromatic rings. The smallest absolute Gasteiger partial charge is 0.165 e. The van der Waals surface area contributed by atoms with E-state index in [9.17, 15) is 0 Å². The summed E-state index contributed by atoms with van der Waals surface area (Å²) in [7, 11) is 3.56. The molecule has 0 saturated heterocycles. The van der Waals surface area contributed by atoms with Crippen molar-refractivity contribution in [2.24, 2.45) is 0 Å². The molecule has 0 unspecified atom stereocenters. The molecule has 0 amide bonds. The Morgan fingerprint density at radius 2 is 2.06 bits per heavy atom. The number of halogens is 1. The third-order valence-electron chi connectivity index (χ3n) is 2.79. The summed E-state index contributed by atoms with van der Waals surface area (Å²) in [5.41, 5.74) is 1.01. The van der Waals surface area contributed by atoms with Gasteiger partial charge in [0.15, 0.2) is 5.82 Å². The maximum absolute atomic E-state index is 6.34. The molecule has 0 saturated carbocycles. The van der Waals surface area contributed by atoms with Crippen LogP contribution in [-0.2, 0) is 0 Å². The van der Waals surface area contributed by atoms with Crippen molar-refractivity contribution in [1.82, 2.24) is 9.97 Å². The molecule has 1 aliphatic heterocycles. The number of hydrogen-bond donors (Lipinski definition) is 0. The predicted molar refractivity (Wildman–Crippen MR) is 72.2 cm³/mol. The van der Waals surface area contributed by atoms with E-state index in [1.807, 2.05) is 24.1 Å². The van der Waals surface area contributed by atoms with Crippen molar-refractivity contribution in [3.8, 4) is 5.75 Å². The fourth-order valence-corrected chi connectivity index (χ4v) is 3.32. The van der Waals surface area contributed by atoms with E-state index in [0.717, 1.165) is 21.4 Å². The Morgan fingerprint density at radius 3 is 2.83 bits per heavy atom. The van der Waals surface area contributed by atoms with Crippen LogP contribution in [0.1, 0.15) is 0 Å². The maximum Gasteiger partial charge on any atom is 0.165 e. The van der Waals surface area contributed by atoms with E-state index in [-0.39, 0.29) is 0 Å². The monoisotopic (exact) mass is 279 g/mol. The van der Waals surface area contributed by atoms with Crippen LogP contribution in [0.3, 0.4) is 0 Å². The van der Waals surface area contributed by atoms with E-state index in [0.29, 0.717) is 10.8 Å². The number of rotatable bonds is 1. The topological polar surface area (TPSA) is 38.3 Å². The summed E-state index contributed by atoms with van der Waals surface area (Å²) < 4.78 is 5.23. The third kappa shape index (κ3) is 1.62. The molecule has 0 atom stereocenters. The van der Waals surface area contributed by atoms with Gasteiger partial charge in [-0.05, 0) is 12.1 Å². The minimum Gasteiger partial charge on any atom is -0.495 e. The van der Waals surface area contributed by atoms with Crippen LogP contribution in [0.15, 0.2) is 34.4 Å². The molecule has 6 heteroatoms. The van der Waals surface area contributed by atoms with Crippen LogP contribution < -0.4 is 9.64 Å². The highest BCUT2D eigenvalue weighted by Crippen LogP contribution is 2.50. The summed E-state index contributed by atoms with van der Waals surface area (Å²) in [5.74, 6) is 1.51. The number of anilines is 2. The zero-order valence-corrected chi connectivity index (χ0v) is 11.4. The van der Waals surface area contributed by atoms with Crippen LogP contribution in [0.25, 0.3) is 0 Å². The molecular formula is C12H10ClN3OS. The largest absolute Gasteiger partial charge is 0.495 e. The average molecular weight is 280 g/mol. The number of nitrogens with zero attached hydrogens (tertiary/aromatic N) is 3. The van der Waals surface area contributed by atoms with Gasteiger partial charge < -0.3 is 9.64 Å². The predicted octanol–water partition coefficient (Wildman–Crippen LogP) is 3.37.